The third kappa shape index (κ3) is 6.06. The van der Waals surface area contributed by atoms with E-state index >= 15 is 0 Å². The molecule has 2 aromatic heterocycles. The zero-order valence-corrected chi connectivity index (χ0v) is 38.1. The van der Waals surface area contributed by atoms with Gasteiger partial charge in [0.15, 0.2) is 0 Å². The van der Waals surface area contributed by atoms with Crippen LogP contribution in [0.15, 0.2) is 241 Å². The molecule has 68 heavy (non-hydrogen) atoms. The van der Waals surface area contributed by atoms with Gasteiger partial charge in [0.1, 0.15) is 0 Å². The number of aliphatic imine (C=N–C) groups is 1. The summed E-state index contributed by atoms with van der Waals surface area (Å²) in [5.41, 5.74) is 12.7. The average Bonchev–Trinajstić information content (AvgIpc) is 3.88. The maximum Gasteiger partial charge on any atom is 0.0947 e. The minimum absolute atomic E-state index is 0.239. The normalized spacial score (nSPS) is 14.4. The van der Waals surface area contributed by atoms with Gasteiger partial charge in [-0.15, -0.1) is 11.3 Å². The van der Waals surface area contributed by atoms with E-state index in [1.54, 1.807) is 0 Å². The topological polar surface area (TPSA) is 17.3 Å². The number of nitrogens with zero attached hydrogens (tertiary/aromatic N) is 2. The molecule has 0 fully saturated rings. The molecule has 0 saturated carbocycles. The average molecular weight is 883 g/mol. The predicted molar refractivity (Wildman–Crippen MR) is 293 cm³/mol. The van der Waals surface area contributed by atoms with Crippen LogP contribution in [-0.2, 0) is 0 Å². The molecule has 0 aliphatic carbocycles. The number of thiophene rings is 1. The summed E-state index contributed by atoms with van der Waals surface area (Å²) in [6.07, 6.45) is 4.71. The van der Waals surface area contributed by atoms with Gasteiger partial charge in [-0.3, -0.25) is 4.99 Å². The highest BCUT2D eigenvalue weighted by atomic mass is 32.1. The maximum absolute atomic E-state index is 5.85. The Balaban J connectivity index is 1.06. The van der Waals surface area contributed by atoms with E-state index in [-0.39, 0.29) is 6.04 Å². The van der Waals surface area contributed by atoms with E-state index in [9.17, 15) is 0 Å². The number of benzene rings is 11. The van der Waals surface area contributed by atoms with Crippen LogP contribution in [-0.4, -0.2) is 10.3 Å². The molecule has 0 N–H and O–H groups in total. The molecule has 3 heteroatoms. The van der Waals surface area contributed by atoms with Crippen molar-refractivity contribution in [2.24, 2.45) is 4.99 Å². The summed E-state index contributed by atoms with van der Waals surface area (Å²) in [6, 6.07) is 80.3. The van der Waals surface area contributed by atoms with Gasteiger partial charge in [0.25, 0.3) is 0 Å². The molecule has 0 radical (unpaired) electrons. The van der Waals surface area contributed by atoms with Crippen LogP contribution >= 0.6 is 11.3 Å². The predicted octanol–water partition coefficient (Wildman–Crippen LogP) is 18.0. The first-order chi connectivity index (χ1) is 33.6. The van der Waals surface area contributed by atoms with Crippen molar-refractivity contribution in [1.82, 2.24) is 4.57 Å². The molecule has 1 aliphatic rings. The first-order valence-corrected chi connectivity index (χ1v) is 24.3. The lowest BCUT2D eigenvalue weighted by atomic mass is 9.92. The summed E-state index contributed by atoms with van der Waals surface area (Å²) in [4.78, 5) is 5.85. The number of rotatable bonds is 5. The minimum atomic E-state index is -0.239. The van der Waals surface area contributed by atoms with Gasteiger partial charge in [0.2, 0.25) is 0 Å². The SMILES string of the molecule is CC1=C(c2cc(-n3c4cc5ccccc5cc4c4c5ccccc5ccc43)c3sc4ccccc4c3c2)C=C[C@@H](c2cc3ccccc3c3ccccc23)N=C1c1cccc(-c2ccccc2)c1. The second-order valence-corrected chi connectivity index (χ2v) is 19.3. The van der Waals surface area contributed by atoms with Crippen molar-refractivity contribution in [3.63, 3.8) is 0 Å². The molecular formula is C65H42N2S. The second-order valence-electron chi connectivity index (χ2n) is 18.2. The first-order valence-electron chi connectivity index (χ1n) is 23.5. The molecule has 0 spiro atoms. The summed E-state index contributed by atoms with van der Waals surface area (Å²) in [5, 5.41) is 15.0. The van der Waals surface area contributed by atoms with Gasteiger partial charge >= 0.3 is 0 Å². The summed E-state index contributed by atoms with van der Waals surface area (Å²) < 4.78 is 5.11. The van der Waals surface area contributed by atoms with Crippen LogP contribution < -0.4 is 0 Å². The van der Waals surface area contributed by atoms with Gasteiger partial charge < -0.3 is 4.57 Å². The summed E-state index contributed by atoms with van der Waals surface area (Å²) in [7, 11) is 0. The quantitative estimate of drug-likeness (QED) is 0.153. The molecular weight excluding hydrogens is 841 g/mol. The Labute approximate surface area is 397 Å². The van der Waals surface area contributed by atoms with E-state index < -0.39 is 0 Å². The van der Waals surface area contributed by atoms with Crippen LogP contribution in [0.4, 0.5) is 0 Å². The Morgan fingerprint density at radius 2 is 1.09 bits per heavy atom. The summed E-state index contributed by atoms with van der Waals surface area (Å²) in [6.45, 7) is 2.28. The summed E-state index contributed by atoms with van der Waals surface area (Å²) >= 11 is 1.89. The molecule has 2 nitrogen and oxygen atoms in total. The summed E-state index contributed by atoms with van der Waals surface area (Å²) in [5.74, 6) is 0. The van der Waals surface area contributed by atoms with Crippen LogP contribution in [0.1, 0.15) is 29.7 Å². The van der Waals surface area contributed by atoms with Gasteiger partial charge in [0.05, 0.1) is 33.2 Å². The highest BCUT2D eigenvalue weighted by molar-refractivity contribution is 7.26. The lowest BCUT2D eigenvalue weighted by molar-refractivity contribution is 0.927. The van der Waals surface area contributed by atoms with Crippen LogP contribution in [0, 0.1) is 0 Å². The fraction of sp³-hybridized carbons (Fsp3) is 0.0308. The Morgan fingerprint density at radius 1 is 0.426 bits per heavy atom. The highest BCUT2D eigenvalue weighted by Crippen LogP contribution is 2.46. The number of fused-ring (bicyclic) bond motifs is 12. The van der Waals surface area contributed by atoms with Crippen molar-refractivity contribution in [3.8, 4) is 16.8 Å². The number of hydrogen-bond acceptors (Lipinski definition) is 2. The van der Waals surface area contributed by atoms with Crippen molar-refractivity contribution >= 4 is 108 Å². The third-order valence-corrected chi connectivity index (χ3v) is 15.6. The molecule has 0 amide bonds. The molecule has 0 bridgehead atoms. The number of allylic oxidation sites excluding steroid dienone is 3. The largest absolute Gasteiger partial charge is 0.308 e. The van der Waals surface area contributed by atoms with Crippen LogP contribution in [0.3, 0.4) is 0 Å². The van der Waals surface area contributed by atoms with Gasteiger partial charge in [-0.1, -0.05) is 182 Å². The van der Waals surface area contributed by atoms with Crippen molar-refractivity contribution in [1.29, 1.82) is 0 Å². The Hall–Kier alpha value is -8.37. The van der Waals surface area contributed by atoms with Crippen molar-refractivity contribution in [2.75, 3.05) is 0 Å². The van der Waals surface area contributed by atoms with E-state index in [1.807, 2.05) is 11.3 Å². The Morgan fingerprint density at radius 3 is 1.93 bits per heavy atom. The van der Waals surface area contributed by atoms with Gasteiger partial charge in [-0.25, -0.2) is 0 Å². The fourth-order valence-corrected chi connectivity index (χ4v) is 12.4. The molecule has 11 aromatic carbocycles. The third-order valence-electron chi connectivity index (χ3n) is 14.4. The van der Waals surface area contributed by atoms with Crippen LogP contribution in [0.25, 0.3) is 107 Å². The molecule has 0 saturated heterocycles. The molecule has 3 heterocycles. The van der Waals surface area contributed by atoms with Crippen molar-refractivity contribution in [3.05, 3.63) is 253 Å². The lowest BCUT2D eigenvalue weighted by Gasteiger charge is -2.17. The minimum Gasteiger partial charge on any atom is -0.308 e. The number of hydrogen-bond donors (Lipinski definition) is 0. The lowest BCUT2D eigenvalue weighted by Crippen LogP contribution is -2.07. The standard InChI is InChI=1S/C65H42N2S/c1-40-49(31-32-58(55-36-46-21-8-9-24-50(46)52-26-11-12-27-53(52)55)66-64(40)47-23-15-22-43(34-47)41-16-3-2-4-17-41)48-37-56-54-28-13-14-29-62(54)68-65(56)61(39-48)67-59-33-30-42-18-7-10-25-51(42)63(59)57-35-44-19-5-6-20-45(44)38-60(57)67/h2-39,58H,1H3/t58-/m0/s1. The Bertz CT molecular complexity index is 4330. The Kier molecular flexibility index (Phi) is 8.77. The second kappa shape index (κ2) is 15.4. The molecule has 14 rings (SSSR count). The zero-order chi connectivity index (χ0) is 44.9. The highest BCUT2D eigenvalue weighted by Gasteiger charge is 2.25. The van der Waals surface area contributed by atoms with Crippen LogP contribution in [0.5, 0.6) is 0 Å². The molecule has 0 unspecified atom stereocenters. The van der Waals surface area contributed by atoms with Gasteiger partial charge in [0, 0.05) is 31.8 Å². The van der Waals surface area contributed by atoms with E-state index in [2.05, 4.69) is 242 Å². The van der Waals surface area contributed by atoms with E-state index in [4.69, 9.17) is 4.99 Å². The fourth-order valence-electron chi connectivity index (χ4n) is 11.2. The van der Waals surface area contributed by atoms with Gasteiger partial charge in [-0.2, -0.15) is 0 Å². The smallest absolute Gasteiger partial charge is 0.0947 e. The molecule has 318 valence electrons. The van der Waals surface area contributed by atoms with Gasteiger partial charge in [-0.05, 0) is 132 Å². The number of aromatic nitrogens is 1. The van der Waals surface area contributed by atoms with E-state index in [0.717, 1.165) is 28.0 Å². The monoisotopic (exact) mass is 882 g/mol. The first kappa shape index (κ1) is 38.9. The van der Waals surface area contributed by atoms with Crippen molar-refractivity contribution in [2.45, 2.75) is 13.0 Å². The van der Waals surface area contributed by atoms with E-state index in [1.165, 1.54) is 107 Å². The zero-order valence-electron chi connectivity index (χ0n) is 37.3. The molecule has 1 atom stereocenters. The van der Waals surface area contributed by atoms with Crippen molar-refractivity contribution < 1.29 is 0 Å². The maximum atomic E-state index is 5.85. The molecule has 1 aliphatic heterocycles. The van der Waals surface area contributed by atoms with Crippen LogP contribution in [0.2, 0.25) is 0 Å². The van der Waals surface area contributed by atoms with E-state index in [0.29, 0.717) is 0 Å². The molecule has 13 aromatic rings.